The number of halogens is 1. The van der Waals surface area contributed by atoms with Crippen molar-refractivity contribution in [3.63, 3.8) is 0 Å². The summed E-state index contributed by atoms with van der Waals surface area (Å²) in [6.45, 7) is 0.266. The highest BCUT2D eigenvalue weighted by Gasteiger charge is 2.29. The number of aryl methyl sites for hydroxylation is 1. The van der Waals surface area contributed by atoms with Crippen molar-refractivity contribution in [2.75, 3.05) is 6.61 Å². The predicted molar refractivity (Wildman–Crippen MR) is 110 cm³/mol. The van der Waals surface area contributed by atoms with Crippen LogP contribution in [0.25, 0.3) is 11.1 Å². The fourth-order valence-electron chi connectivity index (χ4n) is 3.70. The van der Waals surface area contributed by atoms with E-state index in [9.17, 15) is 14.7 Å². The number of amides is 1. The Hall–Kier alpha value is -3.13. The fraction of sp³-hybridized carbons (Fsp3) is 0.190. The fourth-order valence-corrected chi connectivity index (χ4v) is 4.35. The lowest BCUT2D eigenvalue weighted by Crippen LogP contribution is -2.26. The largest absolute Gasteiger partial charge is 0.476 e. The van der Waals surface area contributed by atoms with E-state index in [1.807, 2.05) is 24.3 Å². The van der Waals surface area contributed by atoms with E-state index in [1.54, 1.807) is 0 Å². The van der Waals surface area contributed by atoms with Crippen LogP contribution in [0.2, 0.25) is 0 Å². The zero-order valence-corrected chi connectivity index (χ0v) is 17.1. The third kappa shape index (κ3) is 3.51. The van der Waals surface area contributed by atoms with E-state index >= 15 is 0 Å². The maximum Gasteiger partial charge on any atom is 0.407 e. The smallest absolute Gasteiger partial charge is 0.407 e. The Bertz CT molecular complexity index is 1060. The van der Waals surface area contributed by atoms with Gasteiger partial charge in [0.15, 0.2) is 5.69 Å². The normalized spacial score (nSPS) is 12.3. The molecule has 0 fully saturated rings. The number of carbonyl (C=O) groups excluding carboxylic acids is 1. The monoisotopic (exact) mass is 455 g/mol. The molecule has 0 saturated heterocycles. The van der Waals surface area contributed by atoms with Gasteiger partial charge in [-0.2, -0.15) is 5.10 Å². The molecule has 0 saturated carbocycles. The topological polar surface area (TPSA) is 93.5 Å². The van der Waals surface area contributed by atoms with Gasteiger partial charge in [0.05, 0.1) is 16.7 Å². The third-order valence-electron chi connectivity index (χ3n) is 5.00. The van der Waals surface area contributed by atoms with E-state index in [4.69, 9.17) is 4.74 Å². The number of hydrogen-bond acceptors (Lipinski definition) is 4. The van der Waals surface area contributed by atoms with Gasteiger partial charge in [0.2, 0.25) is 0 Å². The van der Waals surface area contributed by atoms with Crippen molar-refractivity contribution in [2.24, 2.45) is 7.05 Å². The van der Waals surface area contributed by atoms with Crippen LogP contribution >= 0.6 is 15.9 Å². The van der Waals surface area contributed by atoms with Crippen molar-refractivity contribution in [3.05, 3.63) is 75.5 Å². The van der Waals surface area contributed by atoms with Crippen LogP contribution in [0.15, 0.2) is 53.0 Å². The van der Waals surface area contributed by atoms with Crippen molar-refractivity contribution in [2.45, 2.75) is 12.5 Å². The van der Waals surface area contributed by atoms with Crippen molar-refractivity contribution in [1.29, 1.82) is 0 Å². The summed E-state index contributed by atoms with van der Waals surface area (Å²) < 4.78 is 7.06. The standard InChI is InChI=1S/C21H18BrN3O4/c1-25-19(20(26)27)18(22)17(24-25)10-23-21(28)29-11-16-14-8-4-2-6-12(14)13-7-3-5-9-15(13)16/h2-9,16H,10-11H2,1H3,(H,23,28)(H,26,27). The van der Waals surface area contributed by atoms with Gasteiger partial charge in [0, 0.05) is 13.0 Å². The number of aromatic carboxylic acids is 1. The number of fused-ring (bicyclic) bond motifs is 3. The molecule has 8 heteroatoms. The predicted octanol–water partition coefficient (Wildman–Crippen LogP) is 3.92. The number of carboxylic acids is 1. The highest BCUT2D eigenvalue weighted by atomic mass is 79.9. The Morgan fingerprint density at radius 2 is 1.72 bits per heavy atom. The molecule has 1 aliphatic rings. The van der Waals surface area contributed by atoms with Gasteiger partial charge < -0.3 is 15.2 Å². The van der Waals surface area contributed by atoms with E-state index in [0.717, 1.165) is 22.3 Å². The lowest BCUT2D eigenvalue weighted by molar-refractivity contribution is 0.0684. The molecule has 4 rings (SSSR count). The minimum Gasteiger partial charge on any atom is -0.476 e. The van der Waals surface area contributed by atoms with E-state index in [1.165, 1.54) is 11.7 Å². The minimum atomic E-state index is -1.10. The second kappa shape index (κ2) is 7.71. The van der Waals surface area contributed by atoms with Gasteiger partial charge in [-0.3, -0.25) is 4.68 Å². The molecule has 148 valence electrons. The van der Waals surface area contributed by atoms with Gasteiger partial charge in [0.25, 0.3) is 0 Å². The molecule has 0 aliphatic heterocycles. The van der Waals surface area contributed by atoms with Gasteiger partial charge in [-0.1, -0.05) is 48.5 Å². The van der Waals surface area contributed by atoms with Gasteiger partial charge >= 0.3 is 12.1 Å². The van der Waals surface area contributed by atoms with Crippen LogP contribution in [0.5, 0.6) is 0 Å². The quantitative estimate of drug-likeness (QED) is 0.607. The second-order valence-corrected chi connectivity index (χ2v) is 7.51. The number of benzene rings is 2. The molecule has 3 aromatic rings. The van der Waals surface area contributed by atoms with Gasteiger partial charge in [-0.25, -0.2) is 9.59 Å². The molecule has 2 N–H and O–H groups in total. The molecule has 1 aliphatic carbocycles. The first kappa shape index (κ1) is 19.2. The molecule has 0 unspecified atom stereocenters. The van der Waals surface area contributed by atoms with Crippen LogP contribution < -0.4 is 5.32 Å². The number of alkyl carbamates (subject to hydrolysis) is 1. The Morgan fingerprint density at radius 1 is 1.14 bits per heavy atom. The minimum absolute atomic E-state index is 0.0200. The number of ether oxygens (including phenoxy) is 1. The summed E-state index contributed by atoms with van der Waals surface area (Å²) in [4.78, 5) is 23.5. The van der Waals surface area contributed by atoms with Crippen molar-refractivity contribution in [1.82, 2.24) is 15.1 Å². The number of nitrogens with zero attached hydrogens (tertiary/aromatic N) is 2. The number of rotatable bonds is 5. The molecular formula is C21H18BrN3O4. The molecule has 1 heterocycles. The van der Waals surface area contributed by atoms with Crippen molar-refractivity contribution < 1.29 is 19.4 Å². The van der Waals surface area contributed by atoms with E-state index in [-0.39, 0.29) is 24.8 Å². The van der Waals surface area contributed by atoms with E-state index < -0.39 is 12.1 Å². The number of aromatic nitrogens is 2. The summed E-state index contributed by atoms with van der Waals surface area (Å²) in [5.74, 6) is -1.12. The molecule has 0 radical (unpaired) electrons. The number of nitrogens with one attached hydrogen (secondary N) is 1. The Morgan fingerprint density at radius 3 is 2.28 bits per heavy atom. The van der Waals surface area contributed by atoms with Crippen LogP contribution in [-0.4, -0.2) is 33.6 Å². The third-order valence-corrected chi connectivity index (χ3v) is 5.84. The van der Waals surface area contributed by atoms with Crippen LogP contribution in [0.1, 0.15) is 33.2 Å². The summed E-state index contributed by atoms with van der Waals surface area (Å²) >= 11 is 3.23. The molecule has 0 bridgehead atoms. The summed E-state index contributed by atoms with van der Waals surface area (Å²) in [7, 11) is 1.53. The van der Waals surface area contributed by atoms with E-state index in [2.05, 4.69) is 50.6 Å². The molecule has 0 spiro atoms. The average Bonchev–Trinajstić information content (AvgIpc) is 3.18. The van der Waals surface area contributed by atoms with Crippen molar-refractivity contribution >= 4 is 28.0 Å². The lowest BCUT2D eigenvalue weighted by atomic mass is 9.98. The summed E-state index contributed by atoms with van der Waals surface area (Å²) in [5.41, 5.74) is 5.04. The zero-order valence-electron chi connectivity index (χ0n) is 15.6. The SMILES string of the molecule is Cn1nc(CNC(=O)OCC2c3ccccc3-c3ccccc32)c(Br)c1C(=O)O. The lowest BCUT2D eigenvalue weighted by Gasteiger charge is -2.14. The Balaban J connectivity index is 1.42. The Kier molecular flexibility index (Phi) is 5.10. The van der Waals surface area contributed by atoms with Crippen molar-refractivity contribution in [3.8, 4) is 11.1 Å². The van der Waals surface area contributed by atoms with Gasteiger partial charge in [0.1, 0.15) is 6.61 Å². The summed E-state index contributed by atoms with van der Waals surface area (Å²) in [6, 6.07) is 16.2. The van der Waals surface area contributed by atoms with Gasteiger partial charge in [-0.05, 0) is 38.2 Å². The highest BCUT2D eigenvalue weighted by Crippen LogP contribution is 2.44. The molecule has 29 heavy (non-hydrogen) atoms. The number of hydrogen-bond donors (Lipinski definition) is 2. The second-order valence-electron chi connectivity index (χ2n) is 6.72. The maximum atomic E-state index is 12.2. The highest BCUT2D eigenvalue weighted by molar-refractivity contribution is 9.10. The number of carboxylic acid groups (broad SMARTS) is 1. The Labute approximate surface area is 175 Å². The summed E-state index contributed by atoms with van der Waals surface area (Å²) in [5, 5.41) is 16.0. The molecular weight excluding hydrogens is 438 g/mol. The maximum absolute atomic E-state index is 12.2. The molecule has 1 amide bonds. The van der Waals surface area contributed by atoms with Crippen LogP contribution in [0.4, 0.5) is 4.79 Å². The number of carbonyl (C=O) groups is 2. The zero-order chi connectivity index (χ0) is 20.5. The van der Waals surface area contributed by atoms with Crippen LogP contribution in [0.3, 0.4) is 0 Å². The molecule has 0 atom stereocenters. The molecule has 1 aromatic heterocycles. The van der Waals surface area contributed by atoms with Gasteiger partial charge in [-0.15, -0.1) is 0 Å². The average molecular weight is 456 g/mol. The first-order chi connectivity index (χ1) is 14.0. The molecule has 2 aromatic carbocycles. The van der Waals surface area contributed by atoms with Crippen LogP contribution in [-0.2, 0) is 18.3 Å². The first-order valence-corrected chi connectivity index (χ1v) is 9.80. The molecule has 7 nitrogen and oxygen atoms in total. The first-order valence-electron chi connectivity index (χ1n) is 9.01. The summed E-state index contributed by atoms with van der Waals surface area (Å²) in [6.07, 6.45) is -0.582. The van der Waals surface area contributed by atoms with E-state index in [0.29, 0.717) is 10.2 Å². The van der Waals surface area contributed by atoms with Crippen LogP contribution in [0, 0.1) is 0 Å².